The SMILES string of the molecule is OCCCCCCO.OCCCCCCO.OCCCCCCO.OCCCCCCO.[Ti]. The van der Waals surface area contributed by atoms with Crippen LogP contribution in [-0.2, 0) is 21.7 Å². The molecule has 0 heterocycles. The molecule has 204 valence electrons. The molecule has 0 saturated carbocycles. The fourth-order valence-corrected chi connectivity index (χ4v) is 2.31. The first-order chi connectivity index (χ1) is 15.7. The monoisotopic (exact) mass is 520 g/mol. The minimum Gasteiger partial charge on any atom is -0.396 e. The van der Waals surface area contributed by atoms with Crippen molar-refractivity contribution in [3.8, 4) is 0 Å². The summed E-state index contributed by atoms with van der Waals surface area (Å²) < 4.78 is 0. The van der Waals surface area contributed by atoms with Gasteiger partial charge < -0.3 is 40.9 Å². The third-order valence-electron chi connectivity index (χ3n) is 4.26. The second-order valence-corrected chi connectivity index (χ2v) is 7.45. The molecule has 0 radical (unpaired) electrons. The van der Waals surface area contributed by atoms with Crippen molar-refractivity contribution in [2.75, 3.05) is 52.9 Å². The number of rotatable bonds is 20. The smallest absolute Gasteiger partial charge is 0.0431 e. The molecule has 0 saturated heterocycles. The largest absolute Gasteiger partial charge is 0.396 e. The fourth-order valence-electron chi connectivity index (χ4n) is 2.31. The van der Waals surface area contributed by atoms with E-state index in [0.717, 1.165) is 103 Å². The topological polar surface area (TPSA) is 162 Å². The van der Waals surface area contributed by atoms with Crippen LogP contribution in [0.5, 0.6) is 0 Å². The Kier molecular flexibility index (Phi) is 70.7. The summed E-state index contributed by atoms with van der Waals surface area (Å²) in [4.78, 5) is 0. The van der Waals surface area contributed by atoms with Crippen molar-refractivity contribution in [1.29, 1.82) is 0 Å². The van der Waals surface area contributed by atoms with Gasteiger partial charge >= 0.3 is 0 Å². The molecule has 0 aliphatic rings. The van der Waals surface area contributed by atoms with E-state index in [1.54, 1.807) is 0 Å². The van der Waals surface area contributed by atoms with Crippen molar-refractivity contribution >= 4 is 0 Å². The van der Waals surface area contributed by atoms with Gasteiger partial charge in [0, 0.05) is 74.6 Å². The third-order valence-corrected chi connectivity index (χ3v) is 4.26. The fraction of sp³-hybridized carbons (Fsp3) is 1.00. The van der Waals surface area contributed by atoms with Gasteiger partial charge in [0.05, 0.1) is 0 Å². The second kappa shape index (κ2) is 53.7. The molecule has 0 fully saturated rings. The zero-order valence-electron chi connectivity index (χ0n) is 21.0. The average Bonchev–Trinajstić information content (AvgIpc) is 2.82. The van der Waals surface area contributed by atoms with Crippen LogP contribution in [0.4, 0.5) is 0 Å². The quantitative estimate of drug-likeness (QED) is 0.0894. The molecular formula is C24H56O8Ti. The molecule has 0 rings (SSSR count). The van der Waals surface area contributed by atoms with Crippen LogP contribution in [-0.4, -0.2) is 93.7 Å². The van der Waals surface area contributed by atoms with E-state index < -0.39 is 0 Å². The van der Waals surface area contributed by atoms with E-state index in [1.807, 2.05) is 0 Å². The summed E-state index contributed by atoms with van der Waals surface area (Å²) in [5.74, 6) is 0. The maximum atomic E-state index is 8.30. The predicted octanol–water partition coefficient (Wildman–Crippen LogP) is 2.12. The Balaban J connectivity index is -0.000000105. The molecule has 0 aromatic rings. The first kappa shape index (κ1) is 43.5. The summed E-state index contributed by atoms with van der Waals surface area (Å²) in [6.07, 6.45) is 15.3. The molecule has 0 aromatic carbocycles. The number of hydrogen-bond donors (Lipinski definition) is 8. The van der Waals surface area contributed by atoms with Crippen molar-refractivity contribution < 1.29 is 62.6 Å². The van der Waals surface area contributed by atoms with Crippen LogP contribution >= 0.6 is 0 Å². The van der Waals surface area contributed by atoms with Gasteiger partial charge in [0.25, 0.3) is 0 Å². The minimum absolute atomic E-state index is 0. The molecule has 8 nitrogen and oxygen atoms in total. The maximum absolute atomic E-state index is 8.30. The standard InChI is InChI=1S/4C6H14O2.Ti/c4*7-5-3-1-2-4-6-8;/h4*7-8H,1-6H2;. The molecule has 0 atom stereocenters. The van der Waals surface area contributed by atoms with Crippen LogP contribution in [0.25, 0.3) is 0 Å². The molecule has 8 N–H and O–H groups in total. The Bertz CT molecular complexity index is 181. The summed E-state index contributed by atoms with van der Waals surface area (Å²) >= 11 is 0. The van der Waals surface area contributed by atoms with Gasteiger partial charge in [-0.1, -0.05) is 51.4 Å². The number of aliphatic hydroxyl groups excluding tert-OH is 8. The first-order valence-corrected chi connectivity index (χ1v) is 12.5. The summed E-state index contributed by atoms with van der Waals surface area (Å²) in [5.41, 5.74) is 0. The molecule has 0 bridgehead atoms. The Morgan fingerprint density at radius 3 is 0.333 bits per heavy atom. The van der Waals surface area contributed by atoms with Gasteiger partial charge in [-0.05, 0) is 51.4 Å². The summed E-state index contributed by atoms with van der Waals surface area (Å²) in [5, 5.41) is 66.4. The van der Waals surface area contributed by atoms with Crippen LogP contribution in [0.15, 0.2) is 0 Å². The number of hydrogen-bond acceptors (Lipinski definition) is 8. The van der Waals surface area contributed by atoms with E-state index in [2.05, 4.69) is 0 Å². The number of aliphatic hydroxyl groups is 8. The normalized spacial score (nSPS) is 9.45. The van der Waals surface area contributed by atoms with Crippen LogP contribution < -0.4 is 0 Å². The van der Waals surface area contributed by atoms with E-state index in [-0.39, 0.29) is 74.6 Å². The Labute approximate surface area is 218 Å². The van der Waals surface area contributed by atoms with E-state index in [1.165, 1.54) is 0 Å². The predicted molar refractivity (Wildman–Crippen MR) is 131 cm³/mol. The van der Waals surface area contributed by atoms with Crippen molar-refractivity contribution in [1.82, 2.24) is 0 Å². The minimum atomic E-state index is 0. The summed E-state index contributed by atoms with van der Waals surface area (Å²) in [7, 11) is 0. The maximum Gasteiger partial charge on any atom is 0.0431 e. The van der Waals surface area contributed by atoms with Crippen molar-refractivity contribution in [3.05, 3.63) is 0 Å². The molecule has 0 aliphatic carbocycles. The van der Waals surface area contributed by atoms with Crippen molar-refractivity contribution in [2.45, 2.75) is 103 Å². The molecule has 0 aromatic heterocycles. The van der Waals surface area contributed by atoms with E-state index in [9.17, 15) is 0 Å². The summed E-state index contributed by atoms with van der Waals surface area (Å²) in [6, 6.07) is 0. The van der Waals surface area contributed by atoms with Crippen LogP contribution in [0.1, 0.15) is 103 Å². The zero-order valence-corrected chi connectivity index (χ0v) is 22.6. The van der Waals surface area contributed by atoms with Gasteiger partial charge in [0.2, 0.25) is 0 Å². The Morgan fingerprint density at radius 1 is 0.182 bits per heavy atom. The molecule has 9 heteroatoms. The average molecular weight is 521 g/mol. The Morgan fingerprint density at radius 2 is 0.273 bits per heavy atom. The Hall–Kier alpha value is 0.394. The molecule has 0 aliphatic heterocycles. The van der Waals surface area contributed by atoms with Crippen molar-refractivity contribution in [2.24, 2.45) is 0 Å². The molecule has 0 unspecified atom stereocenters. The van der Waals surface area contributed by atoms with Gasteiger partial charge in [0.1, 0.15) is 0 Å². The van der Waals surface area contributed by atoms with Crippen LogP contribution in [0, 0.1) is 0 Å². The van der Waals surface area contributed by atoms with E-state index >= 15 is 0 Å². The van der Waals surface area contributed by atoms with Gasteiger partial charge in [-0.3, -0.25) is 0 Å². The zero-order chi connectivity index (χ0) is 25.0. The van der Waals surface area contributed by atoms with E-state index in [0.29, 0.717) is 0 Å². The molecule has 0 spiro atoms. The van der Waals surface area contributed by atoms with Crippen LogP contribution in [0.3, 0.4) is 0 Å². The van der Waals surface area contributed by atoms with Gasteiger partial charge in [0.15, 0.2) is 0 Å². The number of unbranched alkanes of at least 4 members (excludes halogenated alkanes) is 12. The van der Waals surface area contributed by atoms with Crippen LogP contribution in [0.2, 0.25) is 0 Å². The van der Waals surface area contributed by atoms with Gasteiger partial charge in [-0.15, -0.1) is 0 Å². The van der Waals surface area contributed by atoms with Gasteiger partial charge in [-0.25, -0.2) is 0 Å². The molecular weight excluding hydrogens is 464 g/mol. The van der Waals surface area contributed by atoms with Crippen molar-refractivity contribution in [3.63, 3.8) is 0 Å². The summed E-state index contributed by atoms with van der Waals surface area (Å²) in [6.45, 7) is 2.27. The van der Waals surface area contributed by atoms with E-state index in [4.69, 9.17) is 40.9 Å². The molecule has 33 heavy (non-hydrogen) atoms. The van der Waals surface area contributed by atoms with Gasteiger partial charge in [-0.2, -0.15) is 0 Å². The second-order valence-electron chi connectivity index (χ2n) is 7.45. The first-order valence-electron chi connectivity index (χ1n) is 12.5. The molecule has 0 amide bonds. The third kappa shape index (κ3) is 72.0.